The van der Waals surface area contributed by atoms with Gasteiger partial charge in [-0.3, -0.25) is 9.58 Å². The summed E-state index contributed by atoms with van der Waals surface area (Å²) in [5.74, 6) is 1.84. The lowest BCUT2D eigenvalue weighted by atomic mass is 10.0. The van der Waals surface area contributed by atoms with Crippen molar-refractivity contribution in [1.82, 2.24) is 29.9 Å². The fourth-order valence-electron chi connectivity index (χ4n) is 3.66. The van der Waals surface area contributed by atoms with Gasteiger partial charge in [-0.15, -0.1) is 0 Å². The number of hydrogen-bond donors (Lipinski definition) is 1. The molecule has 7 heteroatoms. The van der Waals surface area contributed by atoms with Gasteiger partial charge in [-0.2, -0.15) is 5.10 Å². The highest BCUT2D eigenvalue weighted by Crippen LogP contribution is 2.25. The van der Waals surface area contributed by atoms with Gasteiger partial charge in [0.05, 0.1) is 0 Å². The molecule has 2 aromatic rings. The number of guanidine groups is 1. The predicted molar refractivity (Wildman–Crippen MR) is 108 cm³/mol. The molecule has 0 spiro atoms. The largest absolute Gasteiger partial charge is 0.357 e. The summed E-state index contributed by atoms with van der Waals surface area (Å²) in [7, 11) is 1.90. The zero-order chi connectivity index (χ0) is 19.1. The summed E-state index contributed by atoms with van der Waals surface area (Å²) in [4.78, 5) is 14.0. The van der Waals surface area contributed by atoms with Crippen molar-refractivity contribution in [3.8, 4) is 0 Å². The molecule has 1 aliphatic rings. The third-order valence-corrected chi connectivity index (χ3v) is 5.14. The minimum Gasteiger partial charge on any atom is -0.357 e. The van der Waals surface area contributed by atoms with E-state index < -0.39 is 0 Å². The van der Waals surface area contributed by atoms with E-state index in [9.17, 15) is 0 Å². The number of nitrogens with zero attached hydrogens (tertiary/aromatic N) is 6. The summed E-state index contributed by atoms with van der Waals surface area (Å²) >= 11 is 0. The van der Waals surface area contributed by atoms with Crippen LogP contribution in [0, 0.1) is 0 Å². The molecular weight excluding hydrogens is 338 g/mol. The first-order valence-corrected chi connectivity index (χ1v) is 9.88. The number of aryl methyl sites for hydroxylation is 1. The Labute approximate surface area is 162 Å². The van der Waals surface area contributed by atoms with Crippen LogP contribution in [0.1, 0.15) is 37.7 Å². The highest BCUT2D eigenvalue weighted by Gasteiger charge is 2.25. The molecule has 1 atom stereocenters. The summed E-state index contributed by atoms with van der Waals surface area (Å²) < 4.78 is 1.77. The zero-order valence-corrected chi connectivity index (χ0v) is 16.7. The fourth-order valence-corrected chi connectivity index (χ4v) is 3.66. The minimum atomic E-state index is 0.492. The molecule has 0 amide bonds. The molecule has 3 rings (SSSR count). The van der Waals surface area contributed by atoms with Gasteiger partial charge in [0.25, 0.3) is 0 Å². The van der Waals surface area contributed by atoms with Gasteiger partial charge in [-0.05, 0) is 18.9 Å². The Morgan fingerprint density at radius 1 is 1.15 bits per heavy atom. The van der Waals surface area contributed by atoms with Crippen molar-refractivity contribution in [2.24, 2.45) is 12.0 Å². The highest BCUT2D eigenvalue weighted by atomic mass is 15.4. The van der Waals surface area contributed by atoms with Crippen LogP contribution in [0.15, 0.2) is 41.7 Å². The van der Waals surface area contributed by atoms with Crippen LogP contribution in [0.4, 0.5) is 0 Å². The zero-order valence-electron chi connectivity index (χ0n) is 16.7. The van der Waals surface area contributed by atoms with E-state index in [0.29, 0.717) is 12.6 Å². The van der Waals surface area contributed by atoms with Gasteiger partial charge < -0.3 is 10.2 Å². The molecule has 7 nitrogen and oxygen atoms in total. The van der Waals surface area contributed by atoms with Crippen LogP contribution in [0.5, 0.6) is 0 Å². The molecule has 0 bridgehead atoms. The van der Waals surface area contributed by atoms with Crippen molar-refractivity contribution in [2.75, 3.05) is 32.7 Å². The number of piperazine rings is 1. The van der Waals surface area contributed by atoms with Crippen molar-refractivity contribution >= 4 is 5.96 Å². The van der Waals surface area contributed by atoms with Gasteiger partial charge >= 0.3 is 0 Å². The fraction of sp³-hybridized carbons (Fsp3) is 0.550. The van der Waals surface area contributed by atoms with Crippen LogP contribution in [-0.2, 0) is 13.6 Å². The van der Waals surface area contributed by atoms with E-state index in [2.05, 4.69) is 69.4 Å². The first-order chi connectivity index (χ1) is 13.2. The molecule has 0 saturated carbocycles. The van der Waals surface area contributed by atoms with E-state index in [1.54, 1.807) is 11.0 Å². The molecule has 1 fully saturated rings. The Hall–Kier alpha value is -2.41. The second-order valence-electron chi connectivity index (χ2n) is 6.83. The molecule has 0 radical (unpaired) electrons. The average molecular weight is 370 g/mol. The normalized spacial score (nSPS) is 17.1. The van der Waals surface area contributed by atoms with Crippen LogP contribution in [0.25, 0.3) is 0 Å². The number of aliphatic imine (C=N–C) groups is 1. The van der Waals surface area contributed by atoms with Gasteiger partial charge in [0.15, 0.2) is 5.96 Å². The maximum Gasteiger partial charge on any atom is 0.194 e. The van der Waals surface area contributed by atoms with E-state index in [0.717, 1.165) is 50.9 Å². The predicted octanol–water partition coefficient (Wildman–Crippen LogP) is 2.05. The highest BCUT2D eigenvalue weighted by molar-refractivity contribution is 5.80. The van der Waals surface area contributed by atoms with Crippen LogP contribution < -0.4 is 5.32 Å². The van der Waals surface area contributed by atoms with Crippen LogP contribution in [0.2, 0.25) is 0 Å². The molecule has 0 aliphatic carbocycles. The SMILES string of the molecule is CCNC(=NCc1ncnn1C)N1CCN(C(CC)c2ccccc2)CC1. The smallest absolute Gasteiger partial charge is 0.194 e. The topological polar surface area (TPSA) is 61.6 Å². The molecule has 2 heterocycles. The van der Waals surface area contributed by atoms with Crippen molar-refractivity contribution in [3.05, 3.63) is 48.0 Å². The summed E-state index contributed by atoms with van der Waals surface area (Å²) in [6.07, 6.45) is 2.70. The first kappa shape index (κ1) is 19.4. The molecule has 146 valence electrons. The average Bonchev–Trinajstić information content (AvgIpc) is 3.12. The lowest BCUT2D eigenvalue weighted by molar-refractivity contribution is 0.127. The quantitative estimate of drug-likeness (QED) is 0.624. The van der Waals surface area contributed by atoms with E-state index in [-0.39, 0.29) is 0 Å². The van der Waals surface area contributed by atoms with Gasteiger partial charge in [0.2, 0.25) is 0 Å². The number of aromatic nitrogens is 3. The Kier molecular flexibility index (Phi) is 6.81. The van der Waals surface area contributed by atoms with Crippen LogP contribution in [-0.4, -0.2) is 63.2 Å². The van der Waals surface area contributed by atoms with Gasteiger partial charge in [-0.1, -0.05) is 37.3 Å². The molecule has 1 saturated heterocycles. The van der Waals surface area contributed by atoms with Gasteiger partial charge in [0, 0.05) is 45.8 Å². The van der Waals surface area contributed by atoms with Crippen molar-refractivity contribution < 1.29 is 0 Å². The Morgan fingerprint density at radius 2 is 1.89 bits per heavy atom. The molecule has 1 aromatic heterocycles. The molecule has 1 aliphatic heterocycles. The number of rotatable bonds is 6. The first-order valence-electron chi connectivity index (χ1n) is 9.88. The third-order valence-electron chi connectivity index (χ3n) is 5.14. The monoisotopic (exact) mass is 369 g/mol. The molecule has 1 N–H and O–H groups in total. The van der Waals surface area contributed by atoms with Crippen molar-refractivity contribution in [2.45, 2.75) is 32.9 Å². The van der Waals surface area contributed by atoms with Gasteiger partial charge in [0.1, 0.15) is 18.7 Å². The summed E-state index contributed by atoms with van der Waals surface area (Å²) in [5, 5.41) is 7.54. The van der Waals surface area contributed by atoms with Crippen molar-refractivity contribution in [1.29, 1.82) is 0 Å². The maximum atomic E-state index is 4.78. The lowest BCUT2D eigenvalue weighted by Crippen LogP contribution is -2.53. The van der Waals surface area contributed by atoms with Gasteiger partial charge in [-0.25, -0.2) is 9.98 Å². The third kappa shape index (κ3) is 4.86. The van der Waals surface area contributed by atoms with E-state index in [4.69, 9.17) is 4.99 Å². The molecular formula is C20H31N7. The Bertz CT molecular complexity index is 717. The Balaban J connectivity index is 1.62. The second kappa shape index (κ2) is 9.50. The minimum absolute atomic E-state index is 0.492. The molecule has 27 heavy (non-hydrogen) atoms. The summed E-state index contributed by atoms with van der Waals surface area (Å²) in [6, 6.07) is 11.3. The van der Waals surface area contributed by atoms with E-state index >= 15 is 0 Å². The summed E-state index contributed by atoms with van der Waals surface area (Å²) in [6.45, 7) is 9.83. The number of benzene rings is 1. The van der Waals surface area contributed by atoms with E-state index in [1.165, 1.54) is 5.56 Å². The number of hydrogen-bond acceptors (Lipinski definition) is 4. The second-order valence-corrected chi connectivity index (χ2v) is 6.83. The maximum absolute atomic E-state index is 4.78. The molecule has 1 aromatic carbocycles. The number of nitrogens with one attached hydrogen (secondary N) is 1. The van der Waals surface area contributed by atoms with Crippen molar-refractivity contribution in [3.63, 3.8) is 0 Å². The lowest BCUT2D eigenvalue weighted by Gasteiger charge is -2.40. The summed E-state index contributed by atoms with van der Waals surface area (Å²) in [5.41, 5.74) is 1.41. The van der Waals surface area contributed by atoms with Crippen LogP contribution in [0.3, 0.4) is 0 Å². The van der Waals surface area contributed by atoms with E-state index in [1.807, 2.05) is 7.05 Å². The standard InChI is InChI=1S/C20H31N7/c1-4-18(17-9-7-6-8-10-17)26-11-13-27(14-12-26)20(21-5-2)22-15-19-23-16-24-25(19)3/h6-10,16,18H,4-5,11-15H2,1-3H3,(H,21,22). The Morgan fingerprint density at radius 3 is 2.48 bits per heavy atom. The van der Waals surface area contributed by atoms with Crippen LogP contribution >= 0.6 is 0 Å². The molecule has 1 unspecified atom stereocenters.